The first kappa shape index (κ1) is 16.9. The average molecular weight is 307 g/mol. The minimum absolute atomic E-state index is 0.699. The second-order valence-corrected chi connectivity index (χ2v) is 5.81. The van der Waals surface area contributed by atoms with E-state index in [2.05, 4.69) is 67.7 Å². The molecule has 0 unspecified atom stereocenters. The van der Waals surface area contributed by atoms with Crippen molar-refractivity contribution in [2.75, 3.05) is 0 Å². The highest BCUT2D eigenvalue weighted by Gasteiger charge is 2.12. The molecular weight excluding hydrogens is 282 g/mol. The lowest BCUT2D eigenvalue weighted by Gasteiger charge is -2.12. The fraction of sp³-hybridized carbons (Fsp3) is 0.300. The molecule has 3 heteroatoms. The van der Waals surface area contributed by atoms with Crippen LogP contribution in [0.4, 0.5) is 0 Å². The molecule has 0 aliphatic carbocycles. The summed E-state index contributed by atoms with van der Waals surface area (Å²) in [4.78, 5) is 9.07. The molecule has 2 heterocycles. The summed E-state index contributed by atoms with van der Waals surface area (Å²) in [5, 5.41) is 0. The molecule has 0 saturated carbocycles. The van der Waals surface area contributed by atoms with E-state index < -0.39 is 0 Å². The van der Waals surface area contributed by atoms with Crippen LogP contribution in [-0.2, 0) is 6.54 Å². The molecule has 0 saturated heterocycles. The number of rotatable bonds is 6. The van der Waals surface area contributed by atoms with E-state index in [9.17, 15) is 0 Å². The number of pyridine rings is 1. The Labute approximate surface area is 138 Å². The molecule has 0 spiro atoms. The first-order valence-corrected chi connectivity index (χ1v) is 7.94. The summed E-state index contributed by atoms with van der Waals surface area (Å²) >= 11 is 0. The van der Waals surface area contributed by atoms with Gasteiger partial charge in [-0.1, -0.05) is 31.7 Å². The summed E-state index contributed by atoms with van der Waals surface area (Å²) in [7, 11) is 0. The number of nitrogens with zero attached hydrogens (tertiary/aromatic N) is 3. The largest absolute Gasteiger partial charge is 0.340 e. The lowest BCUT2D eigenvalue weighted by molar-refractivity contribution is 0.889. The van der Waals surface area contributed by atoms with Gasteiger partial charge in [-0.2, -0.15) is 0 Å². The molecule has 2 aromatic rings. The Morgan fingerprint density at radius 2 is 2.09 bits per heavy atom. The van der Waals surface area contributed by atoms with Gasteiger partial charge in [0.05, 0.1) is 23.3 Å². The second kappa shape index (κ2) is 7.23. The number of aliphatic imine (C=N–C) groups is 1. The Bertz CT molecular complexity index is 804. The molecule has 2 aromatic heterocycles. The maximum absolute atomic E-state index is 4.56. The maximum atomic E-state index is 4.56. The fourth-order valence-electron chi connectivity index (χ4n) is 2.61. The molecule has 0 N–H and O–H groups in total. The fourth-order valence-corrected chi connectivity index (χ4v) is 2.61. The van der Waals surface area contributed by atoms with Crippen LogP contribution in [0.15, 0.2) is 54.0 Å². The maximum Gasteiger partial charge on any atom is 0.0953 e. The van der Waals surface area contributed by atoms with E-state index in [1.54, 1.807) is 6.20 Å². The summed E-state index contributed by atoms with van der Waals surface area (Å²) in [5.74, 6) is 0. The van der Waals surface area contributed by atoms with Crippen molar-refractivity contribution in [3.8, 4) is 0 Å². The zero-order chi connectivity index (χ0) is 17.0. The SMILES string of the molecule is C=C/N=C(Cn1cc(C=C)c2ncc(C)cc21)\C(C)=C(/C)CC. The zero-order valence-electron chi connectivity index (χ0n) is 14.6. The normalized spacial score (nSPS) is 13.1. The highest BCUT2D eigenvalue weighted by Crippen LogP contribution is 2.22. The first-order chi connectivity index (χ1) is 11.0. The summed E-state index contributed by atoms with van der Waals surface area (Å²) in [5.41, 5.74) is 7.90. The van der Waals surface area contributed by atoms with E-state index in [0.717, 1.165) is 34.3 Å². The number of aryl methyl sites for hydroxylation is 1. The molecule has 0 bridgehead atoms. The highest BCUT2D eigenvalue weighted by molar-refractivity contribution is 6.01. The van der Waals surface area contributed by atoms with Crippen LogP contribution in [-0.4, -0.2) is 15.3 Å². The van der Waals surface area contributed by atoms with Gasteiger partial charge in [-0.15, -0.1) is 0 Å². The van der Waals surface area contributed by atoms with E-state index in [1.807, 2.05) is 12.3 Å². The topological polar surface area (TPSA) is 30.2 Å². The van der Waals surface area contributed by atoms with E-state index in [1.165, 1.54) is 11.1 Å². The van der Waals surface area contributed by atoms with Crippen LogP contribution in [0.25, 0.3) is 17.1 Å². The summed E-state index contributed by atoms with van der Waals surface area (Å²) in [6.45, 7) is 16.9. The molecule has 0 aliphatic rings. The molecule has 0 aromatic carbocycles. The van der Waals surface area contributed by atoms with Gasteiger partial charge in [0.25, 0.3) is 0 Å². The molecule has 0 radical (unpaired) electrons. The Balaban J connectivity index is 2.55. The Hall–Kier alpha value is -2.42. The van der Waals surface area contributed by atoms with E-state index >= 15 is 0 Å². The number of hydrogen-bond acceptors (Lipinski definition) is 2. The van der Waals surface area contributed by atoms with Crippen LogP contribution in [0.5, 0.6) is 0 Å². The van der Waals surface area contributed by atoms with Crippen LogP contribution in [0, 0.1) is 6.92 Å². The third-order valence-electron chi connectivity index (χ3n) is 4.27. The molecule has 0 atom stereocenters. The Kier molecular flexibility index (Phi) is 5.32. The zero-order valence-corrected chi connectivity index (χ0v) is 14.6. The van der Waals surface area contributed by atoms with Crippen molar-refractivity contribution in [2.24, 2.45) is 4.99 Å². The van der Waals surface area contributed by atoms with Gasteiger partial charge < -0.3 is 4.57 Å². The van der Waals surface area contributed by atoms with Gasteiger partial charge in [0.2, 0.25) is 0 Å². The lowest BCUT2D eigenvalue weighted by Crippen LogP contribution is -2.12. The van der Waals surface area contributed by atoms with E-state index in [-0.39, 0.29) is 0 Å². The predicted molar refractivity (Wildman–Crippen MR) is 101 cm³/mol. The quantitative estimate of drug-likeness (QED) is 0.664. The third-order valence-corrected chi connectivity index (χ3v) is 4.27. The van der Waals surface area contributed by atoms with Crippen molar-refractivity contribution >= 4 is 22.8 Å². The van der Waals surface area contributed by atoms with Crippen LogP contribution in [0.3, 0.4) is 0 Å². The molecule has 23 heavy (non-hydrogen) atoms. The predicted octanol–water partition coefficient (Wildman–Crippen LogP) is 5.32. The molecule has 3 nitrogen and oxygen atoms in total. The lowest BCUT2D eigenvalue weighted by atomic mass is 10.0. The van der Waals surface area contributed by atoms with Crippen molar-refractivity contribution in [3.05, 3.63) is 60.1 Å². The minimum Gasteiger partial charge on any atom is -0.340 e. The highest BCUT2D eigenvalue weighted by atomic mass is 15.0. The van der Waals surface area contributed by atoms with Gasteiger partial charge in [0.15, 0.2) is 0 Å². The number of fused-ring (bicyclic) bond motifs is 1. The van der Waals surface area contributed by atoms with Crippen LogP contribution in [0.2, 0.25) is 0 Å². The van der Waals surface area contributed by atoms with Crippen molar-refractivity contribution < 1.29 is 0 Å². The van der Waals surface area contributed by atoms with Gasteiger partial charge in [-0.25, -0.2) is 0 Å². The molecular formula is C20H25N3. The minimum atomic E-state index is 0.699. The average Bonchev–Trinajstić information content (AvgIpc) is 2.90. The van der Waals surface area contributed by atoms with Gasteiger partial charge in [-0.05, 0) is 44.4 Å². The molecule has 0 fully saturated rings. The molecule has 2 rings (SSSR count). The third kappa shape index (κ3) is 3.50. The summed E-state index contributed by atoms with van der Waals surface area (Å²) in [6, 6.07) is 2.16. The van der Waals surface area contributed by atoms with Gasteiger partial charge in [-0.3, -0.25) is 9.98 Å². The first-order valence-electron chi connectivity index (χ1n) is 7.94. The van der Waals surface area contributed by atoms with Crippen molar-refractivity contribution in [1.29, 1.82) is 0 Å². The monoisotopic (exact) mass is 307 g/mol. The van der Waals surface area contributed by atoms with Crippen molar-refractivity contribution in [3.63, 3.8) is 0 Å². The van der Waals surface area contributed by atoms with Crippen molar-refractivity contribution in [1.82, 2.24) is 9.55 Å². The van der Waals surface area contributed by atoms with Gasteiger partial charge >= 0.3 is 0 Å². The van der Waals surface area contributed by atoms with Gasteiger partial charge in [0.1, 0.15) is 0 Å². The number of hydrogen-bond donors (Lipinski definition) is 0. The molecule has 120 valence electrons. The second-order valence-electron chi connectivity index (χ2n) is 5.81. The Morgan fingerprint density at radius 1 is 1.35 bits per heavy atom. The molecule has 0 amide bonds. The van der Waals surface area contributed by atoms with Crippen molar-refractivity contribution in [2.45, 2.75) is 40.7 Å². The van der Waals surface area contributed by atoms with Crippen LogP contribution >= 0.6 is 0 Å². The Morgan fingerprint density at radius 3 is 2.70 bits per heavy atom. The molecule has 0 aliphatic heterocycles. The number of aromatic nitrogens is 2. The standard InChI is InChI=1S/C20H25N3/c1-7-15(5)16(6)18(21-9-3)13-23-12-17(8-2)20-19(23)10-14(4)11-22-20/h8-12H,2-3,7,13H2,1,4-6H3/b16-15+,21-18-. The van der Waals surface area contributed by atoms with E-state index in [4.69, 9.17) is 0 Å². The summed E-state index contributed by atoms with van der Waals surface area (Å²) < 4.78 is 2.20. The van der Waals surface area contributed by atoms with Crippen LogP contribution in [0.1, 0.15) is 38.3 Å². The number of allylic oxidation sites excluding steroid dienone is 2. The summed E-state index contributed by atoms with van der Waals surface area (Å²) in [6.07, 6.45) is 8.48. The van der Waals surface area contributed by atoms with Gasteiger partial charge in [0, 0.05) is 24.2 Å². The smallest absolute Gasteiger partial charge is 0.0953 e. The van der Waals surface area contributed by atoms with Crippen LogP contribution < -0.4 is 0 Å². The van der Waals surface area contributed by atoms with E-state index in [0.29, 0.717) is 6.54 Å².